The van der Waals surface area contributed by atoms with Gasteiger partial charge in [0.05, 0.1) is 30.1 Å². The Morgan fingerprint density at radius 2 is 1.77 bits per heavy atom. The molecule has 0 saturated heterocycles. The van der Waals surface area contributed by atoms with Crippen molar-refractivity contribution in [3.63, 3.8) is 0 Å². The van der Waals surface area contributed by atoms with Crippen molar-refractivity contribution in [2.45, 2.75) is 13.8 Å². The normalized spacial score (nSPS) is 10.6. The lowest BCUT2D eigenvalue weighted by Gasteiger charge is -2.12. The minimum absolute atomic E-state index is 0.324. The molecule has 0 fully saturated rings. The maximum absolute atomic E-state index is 12.4. The fourth-order valence-electron chi connectivity index (χ4n) is 2.51. The highest BCUT2D eigenvalue weighted by molar-refractivity contribution is 14.1. The molecule has 31 heavy (non-hydrogen) atoms. The van der Waals surface area contributed by atoms with Crippen molar-refractivity contribution >= 4 is 40.7 Å². The van der Waals surface area contributed by atoms with Crippen molar-refractivity contribution in [2.24, 2.45) is 5.10 Å². The second-order valence-electron chi connectivity index (χ2n) is 5.94. The highest BCUT2D eigenvalue weighted by Crippen LogP contribution is 2.33. The number of halogens is 1. The maximum Gasteiger partial charge on any atom is 0.341 e. The van der Waals surface area contributed by atoms with E-state index in [1.54, 1.807) is 30.3 Å². The molecule has 2 N–H and O–H groups in total. The van der Waals surface area contributed by atoms with E-state index >= 15 is 0 Å². The molecule has 2 aromatic rings. The van der Waals surface area contributed by atoms with Crippen LogP contribution in [-0.2, 0) is 4.79 Å². The Kier molecular flexibility index (Phi) is 9.38. The van der Waals surface area contributed by atoms with Gasteiger partial charge in [-0.05, 0) is 72.3 Å². The Hall–Kier alpha value is -3.02. The molecular weight excluding hydrogens is 519 g/mol. The SMILES string of the molecule is CCOc1ccc(C(=O)N/N=C/c2cc(I)c(OCC(=O)O)c(OC)c2)cc1OCC. The fourth-order valence-corrected chi connectivity index (χ4v) is 3.29. The van der Waals surface area contributed by atoms with Crippen LogP contribution < -0.4 is 24.4 Å². The largest absolute Gasteiger partial charge is 0.493 e. The first-order valence-corrected chi connectivity index (χ1v) is 10.4. The summed E-state index contributed by atoms with van der Waals surface area (Å²) in [4.78, 5) is 23.2. The summed E-state index contributed by atoms with van der Waals surface area (Å²) in [6.07, 6.45) is 1.45. The molecule has 0 aliphatic carbocycles. The number of nitrogens with zero attached hydrogens (tertiary/aromatic N) is 1. The Morgan fingerprint density at radius 1 is 1.06 bits per heavy atom. The number of hydrogen-bond donors (Lipinski definition) is 2. The zero-order valence-corrected chi connectivity index (χ0v) is 19.5. The summed E-state index contributed by atoms with van der Waals surface area (Å²) in [6.45, 7) is 4.16. The van der Waals surface area contributed by atoms with Gasteiger partial charge in [0.15, 0.2) is 29.6 Å². The van der Waals surface area contributed by atoms with Crippen molar-refractivity contribution in [1.29, 1.82) is 0 Å². The zero-order valence-electron chi connectivity index (χ0n) is 17.3. The molecular formula is C21H23IN2O7. The Morgan fingerprint density at radius 3 is 2.42 bits per heavy atom. The average Bonchev–Trinajstić information content (AvgIpc) is 2.73. The van der Waals surface area contributed by atoms with E-state index in [1.807, 2.05) is 36.4 Å². The molecule has 9 nitrogen and oxygen atoms in total. The topological polar surface area (TPSA) is 116 Å². The van der Waals surface area contributed by atoms with Gasteiger partial charge in [-0.2, -0.15) is 5.10 Å². The van der Waals surface area contributed by atoms with Gasteiger partial charge < -0.3 is 24.1 Å². The van der Waals surface area contributed by atoms with Gasteiger partial charge in [-0.15, -0.1) is 0 Å². The third-order valence-electron chi connectivity index (χ3n) is 3.78. The molecule has 0 aliphatic heterocycles. The van der Waals surface area contributed by atoms with Gasteiger partial charge in [0, 0.05) is 5.56 Å². The molecule has 0 aliphatic rings. The lowest BCUT2D eigenvalue weighted by Crippen LogP contribution is -2.18. The van der Waals surface area contributed by atoms with Gasteiger partial charge >= 0.3 is 5.97 Å². The fraction of sp³-hybridized carbons (Fsp3) is 0.286. The molecule has 0 radical (unpaired) electrons. The minimum Gasteiger partial charge on any atom is -0.493 e. The quantitative estimate of drug-likeness (QED) is 0.254. The number of carbonyl (C=O) groups excluding carboxylic acids is 1. The molecule has 10 heteroatoms. The molecule has 0 saturated carbocycles. The standard InChI is InChI=1S/C21H23IN2O7/c1-4-29-16-7-6-14(10-17(16)30-5-2)21(27)24-23-11-13-8-15(22)20(18(9-13)28-3)31-12-19(25)26/h6-11H,4-5,12H2,1-3H3,(H,24,27)(H,25,26)/b23-11+. The minimum atomic E-state index is -1.09. The number of amides is 1. The highest BCUT2D eigenvalue weighted by Gasteiger charge is 2.13. The molecule has 2 rings (SSSR count). The molecule has 0 heterocycles. The summed E-state index contributed by atoms with van der Waals surface area (Å²) in [5, 5.41) is 12.8. The van der Waals surface area contributed by atoms with Crippen molar-refractivity contribution < 1.29 is 33.6 Å². The van der Waals surface area contributed by atoms with Crippen LogP contribution in [0.25, 0.3) is 0 Å². The third-order valence-corrected chi connectivity index (χ3v) is 4.58. The number of ether oxygens (including phenoxy) is 4. The Balaban J connectivity index is 2.12. The molecule has 0 unspecified atom stereocenters. The summed E-state index contributed by atoms with van der Waals surface area (Å²) in [5.74, 6) is 0.225. The van der Waals surface area contributed by atoms with E-state index in [-0.39, 0.29) is 0 Å². The lowest BCUT2D eigenvalue weighted by atomic mass is 10.2. The number of aliphatic carboxylic acids is 1. The van der Waals surface area contributed by atoms with Gasteiger partial charge in [0.1, 0.15) is 0 Å². The van der Waals surface area contributed by atoms with Crippen molar-refractivity contribution in [1.82, 2.24) is 5.43 Å². The van der Waals surface area contributed by atoms with Gasteiger partial charge in [-0.1, -0.05) is 0 Å². The molecule has 0 atom stereocenters. The van der Waals surface area contributed by atoms with Gasteiger partial charge in [0.2, 0.25) is 0 Å². The van der Waals surface area contributed by atoms with Crippen LogP contribution in [0.5, 0.6) is 23.0 Å². The van der Waals surface area contributed by atoms with Crippen molar-refractivity contribution in [3.8, 4) is 23.0 Å². The summed E-state index contributed by atoms with van der Waals surface area (Å²) in [7, 11) is 1.45. The number of rotatable bonds is 11. The smallest absolute Gasteiger partial charge is 0.341 e. The number of carboxylic acid groups (broad SMARTS) is 1. The molecule has 0 bridgehead atoms. The van der Waals surface area contributed by atoms with E-state index in [0.717, 1.165) is 0 Å². The number of hydrogen-bond acceptors (Lipinski definition) is 7. The van der Waals surface area contributed by atoms with E-state index in [0.29, 0.717) is 50.9 Å². The van der Waals surface area contributed by atoms with Crippen LogP contribution in [0.1, 0.15) is 29.8 Å². The van der Waals surface area contributed by atoms with Crippen molar-refractivity contribution in [3.05, 3.63) is 45.0 Å². The van der Waals surface area contributed by atoms with Crippen LogP contribution in [0, 0.1) is 3.57 Å². The molecule has 2 aromatic carbocycles. The van der Waals surface area contributed by atoms with E-state index in [9.17, 15) is 9.59 Å². The van der Waals surface area contributed by atoms with Crippen LogP contribution in [-0.4, -0.2) is 50.1 Å². The monoisotopic (exact) mass is 542 g/mol. The average molecular weight is 542 g/mol. The summed E-state index contributed by atoms with van der Waals surface area (Å²) < 4.78 is 22.2. The predicted molar refractivity (Wildman–Crippen MR) is 123 cm³/mol. The van der Waals surface area contributed by atoms with Gasteiger partial charge in [-0.25, -0.2) is 10.2 Å². The van der Waals surface area contributed by atoms with E-state index in [4.69, 9.17) is 24.1 Å². The van der Waals surface area contributed by atoms with E-state index in [2.05, 4.69) is 10.5 Å². The molecule has 0 aromatic heterocycles. The van der Waals surface area contributed by atoms with Crippen LogP contribution >= 0.6 is 22.6 Å². The summed E-state index contributed by atoms with van der Waals surface area (Å²) in [5.41, 5.74) is 3.46. The number of hydrazone groups is 1. The lowest BCUT2D eigenvalue weighted by molar-refractivity contribution is -0.139. The molecule has 166 valence electrons. The summed E-state index contributed by atoms with van der Waals surface area (Å²) >= 11 is 2.00. The number of carboxylic acids is 1. The third kappa shape index (κ3) is 7.02. The second kappa shape index (κ2) is 12.0. The number of benzene rings is 2. The van der Waals surface area contributed by atoms with Crippen LogP contribution in [0.4, 0.5) is 0 Å². The molecule has 0 spiro atoms. The number of carbonyl (C=O) groups is 2. The first kappa shape index (κ1) is 24.3. The second-order valence-corrected chi connectivity index (χ2v) is 7.11. The Labute approximate surface area is 193 Å². The highest BCUT2D eigenvalue weighted by atomic mass is 127. The first-order chi connectivity index (χ1) is 14.9. The number of nitrogens with one attached hydrogen (secondary N) is 1. The summed E-state index contributed by atoms with van der Waals surface area (Å²) in [6, 6.07) is 8.24. The Bertz CT molecular complexity index is 963. The first-order valence-electron chi connectivity index (χ1n) is 9.34. The van der Waals surface area contributed by atoms with E-state index < -0.39 is 18.5 Å². The van der Waals surface area contributed by atoms with Crippen molar-refractivity contribution in [2.75, 3.05) is 26.9 Å². The van der Waals surface area contributed by atoms with Crippen LogP contribution in [0.2, 0.25) is 0 Å². The van der Waals surface area contributed by atoms with E-state index in [1.165, 1.54) is 13.3 Å². The van der Waals surface area contributed by atoms with Gasteiger partial charge in [0.25, 0.3) is 5.91 Å². The molecule has 1 amide bonds. The predicted octanol–water partition coefficient (Wildman–Crippen LogP) is 3.32. The maximum atomic E-state index is 12.4. The van der Waals surface area contributed by atoms with Crippen LogP contribution in [0.15, 0.2) is 35.4 Å². The zero-order chi connectivity index (χ0) is 22.8. The van der Waals surface area contributed by atoms with Gasteiger partial charge in [-0.3, -0.25) is 4.79 Å². The number of methoxy groups -OCH3 is 1. The van der Waals surface area contributed by atoms with Crippen LogP contribution in [0.3, 0.4) is 0 Å².